The maximum atomic E-state index is 5.88. The van der Waals surface area contributed by atoms with Crippen LogP contribution in [0.25, 0.3) is 5.69 Å². The first-order valence-electron chi connectivity index (χ1n) is 4.25. The molecule has 0 aliphatic carbocycles. The number of rotatable bonds is 2. The van der Waals surface area contributed by atoms with E-state index in [4.69, 9.17) is 11.6 Å². The van der Waals surface area contributed by atoms with Gasteiger partial charge in [0.15, 0.2) is 0 Å². The normalized spacial score (nSPS) is 10.6. The van der Waals surface area contributed by atoms with E-state index >= 15 is 0 Å². The molecule has 0 aliphatic heterocycles. The SMILES string of the molecule is ClCc1ccc(Br)cc1-n1cc(I)cn1. The molecule has 78 valence electrons. The summed E-state index contributed by atoms with van der Waals surface area (Å²) in [7, 11) is 0. The second kappa shape index (κ2) is 4.84. The minimum absolute atomic E-state index is 0.485. The molecular formula is C10H7BrClIN2. The van der Waals surface area contributed by atoms with Gasteiger partial charge in [-0.15, -0.1) is 11.6 Å². The Kier molecular flexibility index (Phi) is 3.69. The van der Waals surface area contributed by atoms with E-state index in [1.807, 2.05) is 35.3 Å². The van der Waals surface area contributed by atoms with Gasteiger partial charge in [0.05, 0.1) is 15.5 Å². The molecule has 15 heavy (non-hydrogen) atoms. The van der Waals surface area contributed by atoms with Crippen LogP contribution in [0.4, 0.5) is 0 Å². The predicted molar refractivity (Wildman–Crippen MR) is 73.5 cm³/mol. The molecule has 0 atom stereocenters. The van der Waals surface area contributed by atoms with Crippen LogP contribution in [-0.2, 0) is 5.88 Å². The van der Waals surface area contributed by atoms with Crippen molar-refractivity contribution in [1.29, 1.82) is 0 Å². The van der Waals surface area contributed by atoms with Crippen molar-refractivity contribution in [3.8, 4) is 5.69 Å². The van der Waals surface area contributed by atoms with Gasteiger partial charge in [0.2, 0.25) is 0 Å². The van der Waals surface area contributed by atoms with E-state index in [2.05, 4.69) is 43.6 Å². The Morgan fingerprint density at radius 1 is 1.47 bits per heavy atom. The first kappa shape index (κ1) is 11.4. The van der Waals surface area contributed by atoms with Crippen molar-refractivity contribution < 1.29 is 0 Å². The summed E-state index contributed by atoms with van der Waals surface area (Å²) in [5.74, 6) is 0.485. The zero-order valence-electron chi connectivity index (χ0n) is 7.62. The molecule has 0 fully saturated rings. The van der Waals surface area contributed by atoms with Gasteiger partial charge in [-0.2, -0.15) is 5.10 Å². The number of benzene rings is 1. The summed E-state index contributed by atoms with van der Waals surface area (Å²) in [5.41, 5.74) is 2.08. The largest absolute Gasteiger partial charge is 0.240 e. The van der Waals surface area contributed by atoms with Gasteiger partial charge in [0.25, 0.3) is 0 Å². The molecule has 5 heteroatoms. The van der Waals surface area contributed by atoms with Gasteiger partial charge in [-0.25, -0.2) is 4.68 Å². The zero-order valence-corrected chi connectivity index (χ0v) is 12.1. The molecule has 0 saturated carbocycles. The van der Waals surface area contributed by atoms with Gasteiger partial charge < -0.3 is 0 Å². The predicted octanol–water partition coefficient (Wildman–Crippen LogP) is 3.98. The highest BCUT2D eigenvalue weighted by Crippen LogP contribution is 2.22. The van der Waals surface area contributed by atoms with Gasteiger partial charge in [-0.3, -0.25) is 0 Å². The molecule has 0 bridgehead atoms. The molecule has 0 aliphatic rings. The third-order valence-corrected chi connectivity index (χ3v) is 3.33. The molecule has 2 nitrogen and oxygen atoms in total. The maximum Gasteiger partial charge on any atom is 0.0701 e. The molecule has 2 rings (SSSR count). The standard InChI is InChI=1S/C10H7BrClIN2/c11-8-2-1-7(4-12)10(3-8)15-6-9(13)5-14-15/h1-3,5-6H,4H2. The van der Waals surface area contributed by atoms with Gasteiger partial charge >= 0.3 is 0 Å². The topological polar surface area (TPSA) is 17.8 Å². The summed E-state index contributed by atoms with van der Waals surface area (Å²) in [6.45, 7) is 0. The van der Waals surface area contributed by atoms with E-state index in [9.17, 15) is 0 Å². The zero-order chi connectivity index (χ0) is 10.8. The Morgan fingerprint density at radius 2 is 2.27 bits per heavy atom. The highest BCUT2D eigenvalue weighted by Gasteiger charge is 2.05. The highest BCUT2D eigenvalue weighted by atomic mass is 127. The number of nitrogens with zero attached hydrogens (tertiary/aromatic N) is 2. The van der Waals surface area contributed by atoms with Crippen molar-refractivity contribution >= 4 is 50.1 Å². The lowest BCUT2D eigenvalue weighted by atomic mass is 10.2. The Bertz CT molecular complexity index is 484. The summed E-state index contributed by atoms with van der Waals surface area (Å²) in [6.07, 6.45) is 3.79. The van der Waals surface area contributed by atoms with Crippen LogP contribution in [0.2, 0.25) is 0 Å². The molecule has 1 aromatic carbocycles. The average Bonchev–Trinajstić information content (AvgIpc) is 2.65. The molecule has 0 amide bonds. The van der Waals surface area contributed by atoms with Crippen LogP contribution in [0.5, 0.6) is 0 Å². The summed E-state index contributed by atoms with van der Waals surface area (Å²) in [4.78, 5) is 0. The third kappa shape index (κ3) is 2.54. The van der Waals surface area contributed by atoms with Crippen molar-refractivity contribution in [3.63, 3.8) is 0 Å². The maximum absolute atomic E-state index is 5.88. The van der Waals surface area contributed by atoms with Crippen molar-refractivity contribution in [3.05, 3.63) is 44.2 Å². The van der Waals surface area contributed by atoms with E-state index in [1.165, 1.54) is 0 Å². The Labute approximate surface area is 115 Å². The van der Waals surface area contributed by atoms with E-state index in [-0.39, 0.29) is 0 Å². The second-order valence-corrected chi connectivity index (χ2v) is 5.44. The van der Waals surface area contributed by atoms with Gasteiger partial charge in [-0.1, -0.05) is 22.0 Å². The van der Waals surface area contributed by atoms with Crippen LogP contribution in [-0.4, -0.2) is 9.78 Å². The minimum Gasteiger partial charge on any atom is -0.240 e. The van der Waals surface area contributed by atoms with Crippen LogP contribution in [0, 0.1) is 3.57 Å². The molecular weight excluding hydrogens is 390 g/mol. The summed E-state index contributed by atoms with van der Waals surface area (Å²) < 4.78 is 3.97. The van der Waals surface area contributed by atoms with E-state index in [0.717, 1.165) is 19.3 Å². The summed E-state index contributed by atoms with van der Waals surface area (Å²) >= 11 is 11.6. The first-order valence-corrected chi connectivity index (χ1v) is 6.66. The number of hydrogen-bond donors (Lipinski definition) is 0. The number of alkyl halides is 1. The fraction of sp³-hybridized carbons (Fsp3) is 0.100. The van der Waals surface area contributed by atoms with Gasteiger partial charge in [-0.05, 0) is 40.3 Å². The van der Waals surface area contributed by atoms with Crippen molar-refractivity contribution in [1.82, 2.24) is 9.78 Å². The summed E-state index contributed by atoms with van der Waals surface area (Å²) in [5, 5.41) is 4.27. The molecule has 1 aromatic heterocycles. The molecule has 1 heterocycles. The third-order valence-electron chi connectivity index (χ3n) is 1.99. The van der Waals surface area contributed by atoms with E-state index in [0.29, 0.717) is 5.88 Å². The highest BCUT2D eigenvalue weighted by molar-refractivity contribution is 14.1. The second-order valence-electron chi connectivity index (χ2n) is 3.01. The average molecular weight is 397 g/mol. The molecule has 0 spiro atoms. The van der Waals surface area contributed by atoms with Crippen molar-refractivity contribution in [2.24, 2.45) is 0 Å². The van der Waals surface area contributed by atoms with Gasteiger partial charge in [0, 0.05) is 16.5 Å². The number of aromatic nitrogens is 2. The van der Waals surface area contributed by atoms with E-state index in [1.54, 1.807) is 0 Å². The fourth-order valence-electron chi connectivity index (χ4n) is 1.30. The summed E-state index contributed by atoms with van der Waals surface area (Å²) in [6, 6.07) is 6.00. The van der Waals surface area contributed by atoms with Crippen LogP contribution in [0.3, 0.4) is 0 Å². The Morgan fingerprint density at radius 3 is 2.87 bits per heavy atom. The lowest BCUT2D eigenvalue weighted by Crippen LogP contribution is -1.98. The minimum atomic E-state index is 0.485. The Hall–Kier alpha value is -0.0700. The quantitative estimate of drug-likeness (QED) is 0.554. The first-order chi connectivity index (χ1) is 7.20. The number of halogens is 3. The molecule has 0 unspecified atom stereocenters. The van der Waals surface area contributed by atoms with Crippen molar-refractivity contribution in [2.45, 2.75) is 5.88 Å². The molecule has 2 aromatic rings. The Balaban J connectivity index is 2.55. The molecule has 0 saturated heterocycles. The van der Waals surface area contributed by atoms with Crippen LogP contribution in [0.1, 0.15) is 5.56 Å². The van der Waals surface area contributed by atoms with Crippen LogP contribution in [0.15, 0.2) is 35.1 Å². The smallest absolute Gasteiger partial charge is 0.0701 e. The monoisotopic (exact) mass is 396 g/mol. The number of hydrogen-bond acceptors (Lipinski definition) is 1. The van der Waals surface area contributed by atoms with E-state index < -0.39 is 0 Å². The fourth-order valence-corrected chi connectivity index (χ4v) is 2.26. The van der Waals surface area contributed by atoms with Crippen LogP contribution >= 0.6 is 50.1 Å². The van der Waals surface area contributed by atoms with Crippen molar-refractivity contribution in [2.75, 3.05) is 0 Å². The lowest BCUT2D eigenvalue weighted by Gasteiger charge is -2.07. The molecule has 0 radical (unpaired) electrons. The van der Waals surface area contributed by atoms with Gasteiger partial charge in [0.1, 0.15) is 0 Å². The molecule has 0 N–H and O–H groups in total. The van der Waals surface area contributed by atoms with Crippen LogP contribution < -0.4 is 0 Å². The lowest BCUT2D eigenvalue weighted by molar-refractivity contribution is 0.870.